The number of nitrogens with two attached hydrogens (primary N) is 1. The first kappa shape index (κ1) is 10.5. The van der Waals surface area contributed by atoms with Gasteiger partial charge in [-0.2, -0.15) is 0 Å². The first-order valence-electron chi connectivity index (χ1n) is 4.80. The summed E-state index contributed by atoms with van der Waals surface area (Å²) >= 11 is 0. The van der Waals surface area contributed by atoms with Gasteiger partial charge in [-0.1, -0.05) is 0 Å². The van der Waals surface area contributed by atoms with Crippen molar-refractivity contribution >= 4 is 5.91 Å². The van der Waals surface area contributed by atoms with Crippen molar-refractivity contribution in [3.8, 4) is 0 Å². The Kier molecular flexibility index (Phi) is 4.18. The van der Waals surface area contributed by atoms with E-state index < -0.39 is 0 Å². The summed E-state index contributed by atoms with van der Waals surface area (Å²) in [6.45, 7) is 4.26. The second-order valence-corrected chi connectivity index (χ2v) is 3.37. The number of carbonyl (C=O) groups is 1. The zero-order valence-electron chi connectivity index (χ0n) is 8.16. The average Bonchev–Trinajstić information content (AvgIpc) is 2.53. The zero-order valence-corrected chi connectivity index (χ0v) is 8.16. The summed E-state index contributed by atoms with van der Waals surface area (Å²) < 4.78 is 5.33. The van der Waals surface area contributed by atoms with Gasteiger partial charge in [-0.15, -0.1) is 0 Å². The molecule has 13 heavy (non-hydrogen) atoms. The van der Waals surface area contributed by atoms with Crippen LogP contribution in [0.3, 0.4) is 0 Å². The van der Waals surface area contributed by atoms with E-state index in [-0.39, 0.29) is 11.9 Å². The molecular formula is C9H18N2O2. The van der Waals surface area contributed by atoms with Crippen LogP contribution in [0.25, 0.3) is 0 Å². The van der Waals surface area contributed by atoms with E-state index in [9.17, 15) is 4.79 Å². The van der Waals surface area contributed by atoms with Gasteiger partial charge in [-0.05, 0) is 12.8 Å². The molecule has 76 valence electrons. The molecule has 1 fully saturated rings. The van der Waals surface area contributed by atoms with Crippen LogP contribution in [0.4, 0.5) is 0 Å². The van der Waals surface area contributed by atoms with Crippen molar-refractivity contribution in [2.45, 2.75) is 25.8 Å². The van der Waals surface area contributed by atoms with E-state index >= 15 is 0 Å². The minimum Gasteiger partial charge on any atom is -0.378 e. The predicted molar refractivity (Wildman–Crippen MR) is 50.3 cm³/mol. The first-order valence-corrected chi connectivity index (χ1v) is 4.80. The van der Waals surface area contributed by atoms with Crippen LogP contribution in [0.2, 0.25) is 0 Å². The lowest BCUT2D eigenvalue weighted by molar-refractivity contribution is -0.130. The summed E-state index contributed by atoms with van der Waals surface area (Å²) in [6.07, 6.45) is 2.15. The maximum Gasteiger partial charge on any atom is 0.219 e. The van der Waals surface area contributed by atoms with Crippen molar-refractivity contribution in [1.82, 2.24) is 4.90 Å². The highest BCUT2D eigenvalue weighted by Gasteiger charge is 2.26. The van der Waals surface area contributed by atoms with E-state index in [0.29, 0.717) is 19.8 Å². The number of amides is 1. The summed E-state index contributed by atoms with van der Waals surface area (Å²) in [5.74, 6) is 0.152. The maximum atomic E-state index is 11.1. The number of rotatable bonds is 4. The van der Waals surface area contributed by atoms with Crippen molar-refractivity contribution in [2.24, 2.45) is 5.73 Å². The highest BCUT2D eigenvalue weighted by Crippen LogP contribution is 2.17. The van der Waals surface area contributed by atoms with Crippen LogP contribution in [0, 0.1) is 0 Å². The molecule has 0 aromatic rings. The molecule has 0 saturated carbocycles. The van der Waals surface area contributed by atoms with Crippen molar-refractivity contribution in [1.29, 1.82) is 0 Å². The number of hydrogen-bond acceptors (Lipinski definition) is 3. The Hall–Kier alpha value is -0.610. The SMILES string of the molecule is CC(=O)N1CCCC1COCCN. The minimum absolute atomic E-state index is 0.152. The van der Waals surface area contributed by atoms with Crippen molar-refractivity contribution < 1.29 is 9.53 Å². The monoisotopic (exact) mass is 186 g/mol. The van der Waals surface area contributed by atoms with Crippen LogP contribution in [-0.2, 0) is 9.53 Å². The Labute approximate surface area is 79.0 Å². The van der Waals surface area contributed by atoms with Gasteiger partial charge in [0, 0.05) is 20.0 Å². The molecule has 1 atom stereocenters. The van der Waals surface area contributed by atoms with E-state index in [1.165, 1.54) is 0 Å². The summed E-state index contributed by atoms with van der Waals surface area (Å²) in [6, 6.07) is 0.282. The van der Waals surface area contributed by atoms with Gasteiger partial charge < -0.3 is 15.4 Å². The lowest BCUT2D eigenvalue weighted by Gasteiger charge is -2.22. The van der Waals surface area contributed by atoms with Gasteiger partial charge in [0.05, 0.1) is 19.3 Å². The number of hydrogen-bond donors (Lipinski definition) is 1. The topological polar surface area (TPSA) is 55.6 Å². The number of likely N-dealkylation sites (tertiary alicyclic amines) is 1. The van der Waals surface area contributed by atoms with Gasteiger partial charge >= 0.3 is 0 Å². The van der Waals surface area contributed by atoms with Gasteiger partial charge in [0.1, 0.15) is 0 Å². The van der Waals surface area contributed by atoms with Crippen LogP contribution in [-0.4, -0.2) is 43.2 Å². The summed E-state index contributed by atoms with van der Waals surface area (Å²) in [5, 5.41) is 0. The molecule has 1 saturated heterocycles. The highest BCUT2D eigenvalue weighted by atomic mass is 16.5. The summed E-state index contributed by atoms with van der Waals surface area (Å²) in [5.41, 5.74) is 5.30. The van der Waals surface area contributed by atoms with E-state index in [1.54, 1.807) is 6.92 Å². The van der Waals surface area contributed by atoms with Crippen LogP contribution in [0.5, 0.6) is 0 Å². The Balaban J connectivity index is 2.27. The molecule has 0 spiro atoms. The van der Waals surface area contributed by atoms with E-state index in [2.05, 4.69) is 0 Å². The van der Waals surface area contributed by atoms with Gasteiger partial charge in [0.15, 0.2) is 0 Å². The largest absolute Gasteiger partial charge is 0.378 e. The molecule has 0 bridgehead atoms. The molecule has 0 aromatic heterocycles. The van der Waals surface area contributed by atoms with E-state index in [0.717, 1.165) is 19.4 Å². The van der Waals surface area contributed by atoms with E-state index in [4.69, 9.17) is 10.5 Å². The molecule has 1 aliphatic heterocycles. The van der Waals surface area contributed by atoms with Gasteiger partial charge in [-0.25, -0.2) is 0 Å². The van der Waals surface area contributed by atoms with Crippen LogP contribution in [0.15, 0.2) is 0 Å². The highest BCUT2D eigenvalue weighted by molar-refractivity contribution is 5.73. The molecule has 0 aliphatic carbocycles. The lowest BCUT2D eigenvalue weighted by Crippen LogP contribution is -2.37. The Bertz CT molecular complexity index is 173. The molecule has 0 aromatic carbocycles. The first-order chi connectivity index (χ1) is 6.25. The van der Waals surface area contributed by atoms with Crippen molar-refractivity contribution in [2.75, 3.05) is 26.3 Å². The Morgan fingerprint density at radius 3 is 3.08 bits per heavy atom. The third-order valence-electron chi connectivity index (χ3n) is 2.35. The zero-order chi connectivity index (χ0) is 9.68. The molecule has 1 heterocycles. The predicted octanol–water partition coefficient (Wildman–Crippen LogP) is -0.0274. The maximum absolute atomic E-state index is 11.1. The van der Waals surface area contributed by atoms with Crippen LogP contribution >= 0.6 is 0 Å². The van der Waals surface area contributed by atoms with Crippen molar-refractivity contribution in [3.05, 3.63) is 0 Å². The normalized spacial score (nSPS) is 22.3. The van der Waals surface area contributed by atoms with Gasteiger partial charge in [0.2, 0.25) is 5.91 Å². The van der Waals surface area contributed by atoms with E-state index in [1.807, 2.05) is 4.90 Å². The lowest BCUT2D eigenvalue weighted by atomic mass is 10.2. The fourth-order valence-electron chi connectivity index (χ4n) is 1.73. The fourth-order valence-corrected chi connectivity index (χ4v) is 1.73. The molecule has 0 radical (unpaired) electrons. The molecule has 1 unspecified atom stereocenters. The van der Waals surface area contributed by atoms with Gasteiger partial charge in [0.25, 0.3) is 0 Å². The van der Waals surface area contributed by atoms with Crippen LogP contribution in [0.1, 0.15) is 19.8 Å². The van der Waals surface area contributed by atoms with Crippen LogP contribution < -0.4 is 5.73 Å². The quantitative estimate of drug-likeness (QED) is 0.627. The molecule has 2 N–H and O–H groups in total. The molecule has 4 nitrogen and oxygen atoms in total. The van der Waals surface area contributed by atoms with Crippen molar-refractivity contribution in [3.63, 3.8) is 0 Å². The second kappa shape index (κ2) is 5.19. The standard InChI is InChI=1S/C9H18N2O2/c1-8(12)11-5-2-3-9(11)7-13-6-4-10/h9H,2-7,10H2,1H3. The number of nitrogens with zero attached hydrogens (tertiary/aromatic N) is 1. The Morgan fingerprint density at radius 1 is 1.69 bits per heavy atom. The third kappa shape index (κ3) is 2.97. The third-order valence-corrected chi connectivity index (χ3v) is 2.35. The number of carbonyl (C=O) groups excluding carboxylic acids is 1. The molecule has 1 amide bonds. The average molecular weight is 186 g/mol. The summed E-state index contributed by atoms with van der Waals surface area (Å²) in [4.78, 5) is 13.0. The molecule has 4 heteroatoms. The minimum atomic E-state index is 0.152. The summed E-state index contributed by atoms with van der Waals surface area (Å²) in [7, 11) is 0. The number of ether oxygens (including phenoxy) is 1. The molecule has 1 aliphatic rings. The molecule has 1 rings (SSSR count). The molecular weight excluding hydrogens is 168 g/mol. The Morgan fingerprint density at radius 2 is 2.46 bits per heavy atom. The second-order valence-electron chi connectivity index (χ2n) is 3.37. The van der Waals surface area contributed by atoms with Gasteiger partial charge in [-0.3, -0.25) is 4.79 Å². The smallest absolute Gasteiger partial charge is 0.219 e. The fraction of sp³-hybridized carbons (Fsp3) is 0.889.